The zero-order chi connectivity index (χ0) is 12.8. The lowest BCUT2D eigenvalue weighted by Gasteiger charge is -2.15. The number of carbonyl (C=O) groups is 2. The largest absolute Gasteiger partial charge is 0.465 e. The van der Waals surface area contributed by atoms with Gasteiger partial charge in [0.15, 0.2) is 0 Å². The van der Waals surface area contributed by atoms with Gasteiger partial charge in [-0.15, -0.1) is 0 Å². The molecule has 0 atom stereocenters. The van der Waals surface area contributed by atoms with Crippen LogP contribution >= 0.6 is 0 Å². The summed E-state index contributed by atoms with van der Waals surface area (Å²) in [6, 6.07) is 0. The first-order valence-corrected chi connectivity index (χ1v) is 4.70. The van der Waals surface area contributed by atoms with E-state index in [-0.39, 0.29) is 5.57 Å². The Hall–Kier alpha value is -1.65. The van der Waals surface area contributed by atoms with Crippen molar-refractivity contribution in [2.24, 2.45) is 10.4 Å². The van der Waals surface area contributed by atoms with Gasteiger partial charge < -0.3 is 9.47 Å². The van der Waals surface area contributed by atoms with Crippen LogP contribution in [0.25, 0.3) is 0 Å². The summed E-state index contributed by atoms with van der Waals surface area (Å²) in [5.41, 5.74) is -0.651. The van der Waals surface area contributed by atoms with Gasteiger partial charge in [0.25, 0.3) is 0 Å². The van der Waals surface area contributed by atoms with Crippen molar-refractivity contribution in [3.63, 3.8) is 0 Å². The molecule has 5 nitrogen and oxygen atoms in total. The number of allylic oxidation sites excluding steroid dienone is 1. The van der Waals surface area contributed by atoms with Crippen molar-refractivity contribution < 1.29 is 19.1 Å². The van der Waals surface area contributed by atoms with Crippen LogP contribution in [0.1, 0.15) is 13.8 Å². The van der Waals surface area contributed by atoms with Crippen molar-refractivity contribution in [2.75, 3.05) is 21.3 Å². The molecule has 0 unspecified atom stereocenters. The molecule has 0 heterocycles. The molecule has 0 spiro atoms. The van der Waals surface area contributed by atoms with E-state index in [9.17, 15) is 9.59 Å². The standard InChI is InChI=1S/C11H17NO4/c1-11(2,7-12-3)6-8(9(13)15-4)10(14)16-5/h6-7H,1-5H3. The molecule has 0 aliphatic heterocycles. The van der Waals surface area contributed by atoms with Crippen LogP contribution in [0.3, 0.4) is 0 Å². The Morgan fingerprint density at radius 1 is 1.12 bits per heavy atom. The molecule has 0 aromatic rings. The van der Waals surface area contributed by atoms with Gasteiger partial charge >= 0.3 is 11.9 Å². The fourth-order valence-corrected chi connectivity index (χ4v) is 1.16. The van der Waals surface area contributed by atoms with Gasteiger partial charge in [0, 0.05) is 18.7 Å². The number of esters is 2. The summed E-state index contributed by atoms with van der Waals surface area (Å²) in [4.78, 5) is 26.6. The van der Waals surface area contributed by atoms with Gasteiger partial charge in [0.1, 0.15) is 5.57 Å². The lowest BCUT2D eigenvalue weighted by atomic mass is 9.92. The summed E-state index contributed by atoms with van der Waals surface area (Å²) in [6.45, 7) is 3.62. The zero-order valence-electron chi connectivity index (χ0n) is 10.2. The summed E-state index contributed by atoms with van der Waals surface area (Å²) in [7, 11) is 4.03. The Bertz CT molecular complexity index is 311. The van der Waals surface area contributed by atoms with Gasteiger partial charge in [0.2, 0.25) is 0 Å². The molecule has 16 heavy (non-hydrogen) atoms. The fourth-order valence-electron chi connectivity index (χ4n) is 1.16. The van der Waals surface area contributed by atoms with Crippen LogP contribution < -0.4 is 0 Å². The molecule has 0 radical (unpaired) electrons. The third kappa shape index (κ3) is 4.25. The van der Waals surface area contributed by atoms with E-state index in [4.69, 9.17) is 0 Å². The average molecular weight is 227 g/mol. The minimum atomic E-state index is -0.718. The van der Waals surface area contributed by atoms with Crippen LogP contribution in [0, 0.1) is 5.41 Å². The Morgan fingerprint density at radius 3 is 1.88 bits per heavy atom. The highest BCUT2D eigenvalue weighted by molar-refractivity contribution is 6.14. The SMILES string of the molecule is CN=CC(C)(C)C=C(C(=O)OC)C(=O)OC. The monoisotopic (exact) mass is 227 g/mol. The molecule has 90 valence electrons. The first-order valence-electron chi connectivity index (χ1n) is 4.70. The molecular formula is C11H17NO4. The maximum Gasteiger partial charge on any atom is 0.344 e. The van der Waals surface area contributed by atoms with Crippen molar-refractivity contribution in [3.8, 4) is 0 Å². The molecule has 0 aromatic carbocycles. The molecule has 0 aliphatic rings. The zero-order valence-corrected chi connectivity index (χ0v) is 10.2. The lowest BCUT2D eigenvalue weighted by Crippen LogP contribution is -2.20. The second kappa shape index (κ2) is 6.05. The van der Waals surface area contributed by atoms with Gasteiger partial charge in [-0.2, -0.15) is 0 Å². The molecule has 0 bridgehead atoms. The predicted octanol–water partition coefficient (Wildman–Crippen LogP) is 0.986. The van der Waals surface area contributed by atoms with Crippen LogP contribution in [-0.2, 0) is 19.1 Å². The maximum atomic E-state index is 11.4. The first-order chi connectivity index (χ1) is 7.37. The number of aliphatic imine (C=N–C) groups is 1. The van der Waals surface area contributed by atoms with Gasteiger partial charge in [-0.05, 0) is 0 Å². The summed E-state index contributed by atoms with van der Waals surface area (Å²) < 4.78 is 9.01. The van der Waals surface area contributed by atoms with Crippen LogP contribution in [0.15, 0.2) is 16.6 Å². The second-order valence-corrected chi connectivity index (χ2v) is 3.75. The fraction of sp³-hybridized carbons (Fsp3) is 0.545. The minimum absolute atomic E-state index is 0.130. The number of rotatable bonds is 4. The minimum Gasteiger partial charge on any atom is -0.465 e. The summed E-state index contributed by atoms with van der Waals surface area (Å²) in [5, 5.41) is 0. The van der Waals surface area contributed by atoms with Crippen molar-refractivity contribution in [1.82, 2.24) is 0 Å². The summed E-state index contributed by atoms with van der Waals surface area (Å²) in [5.74, 6) is -1.44. The molecule has 0 aromatic heterocycles. The Kier molecular flexibility index (Phi) is 5.42. The van der Waals surface area contributed by atoms with Crippen LogP contribution in [0.5, 0.6) is 0 Å². The normalized spacial score (nSPS) is 11.1. The van der Waals surface area contributed by atoms with E-state index in [0.29, 0.717) is 0 Å². The van der Waals surface area contributed by atoms with Gasteiger partial charge in [-0.25, -0.2) is 9.59 Å². The number of methoxy groups -OCH3 is 2. The Morgan fingerprint density at radius 2 is 1.56 bits per heavy atom. The molecule has 5 heteroatoms. The second-order valence-electron chi connectivity index (χ2n) is 3.75. The highest BCUT2D eigenvalue weighted by atomic mass is 16.5. The number of hydrogen-bond donors (Lipinski definition) is 0. The molecule has 0 fully saturated rings. The van der Waals surface area contributed by atoms with Gasteiger partial charge in [-0.3, -0.25) is 4.99 Å². The Labute approximate surface area is 95.1 Å². The number of nitrogens with zero attached hydrogens (tertiary/aromatic N) is 1. The van der Waals surface area contributed by atoms with E-state index < -0.39 is 17.4 Å². The first kappa shape index (κ1) is 14.3. The third-order valence-corrected chi connectivity index (χ3v) is 1.79. The average Bonchev–Trinajstić information content (AvgIpc) is 2.23. The number of carbonyl (C=O) groups excluding carboxylic acids is 2. The molecule has 0 rings (SSSR count). The maximum absolute atomic E-state index is 11.4. The Balaban J connectivity index is 5.26. The predicted molar refractivity (Wildman–Crippen MR) is 60.3 cm³/mol. The van der Waals surface area contributed by atoms with Crippen LogP contribution in [0.2, 0.25) is 0 Å². The van der Waals surface area contributed by atoms with E-state index >= 15 is 0 Å². The van der Waals surface area contributed by atoms with E-state index in [0.717, 1.165) is 0 Å². The highest BCUT2D eigenvalue weighted by Gasteiger charge is 2.24. The molecule has 0 saturated carbocycles. The smallest absolute Gasteiger partial charge is 0.344 e. The quantitative estimate of drug-likeness (QED) is 0.236. The van der Waals surface area contributed by atoms with E-state index in [2.05, 4.69) is 14.5 Å². The third-order valence-electron chi connectivity index (χ3n) is 1.79. The van der Waals surface area contributed by atoms with Crippen LogP contribution in [0.4, 0.5) is 0 Å². The summed E-state index contributed by atoms with van der Waals surface area (Å²) in [6.07, 6.45) is 3.09. The van der Waals surface area contributed by atoms with E-state index in [1.165, 1.54) is 20.3 Å². The van der Waals surface area contributed by atoms with E-state index in [1.54, 1.807) is 13.3 Å². The molecule has 0 aliphatic carbocycles. The van der Waals surface area contributed by atoms with Crippen molar-refractivity contribution in [2.45, 2.75) is 13.8 Å². The highest BCUT2D eigenvalue weighted by Crippen LogP contribution is 2.18. The van der Waals surface area contributed by atoms with Crippen LogP contribution in [-0.4, -0.2) is 39.4 Å². The van der Waals surface area contributed by atoms with Crippen molar-refractivity contribution in [1.29, 1.82) is 0 Å². The topological polar surface area (TPSA) is 65.0 Å². The number of ether oxygens (including phenoxy) is 2. The molecule has 0 amide bonds. The lowest BCUT2D eigenvalue weighted by molar-refractivity contribution is -0.144. The van der Waals surface area contributed by atoms with E-state index in [1.807, 2.05) is 13.8 Å². The van der Waals surface area contributed by atoms with Gasteiger partial charge in [0.05, 0.1) is 14.2 Å². The molecular weight excluding hydrogens is 210 g/mol. The van der Waals surface area contributed by atoms with Crippen molar-refractivity contribution >= 4 is 18.2 Å². The number of hydrogen-bond acceptors (Lipinski definition) is 5. The van der Waals surface area contributed by atoms with Gasteiger partial charge in [-0.1, -0.05) is 19.9 Å². The summed E-state index contributed by atoms with van der Waals surface area (Å²) >= 11 is 0. The van der Waals surface area contributed by atoms with Crippen molar-refractivity contribution in [3.05, 3.63) is 11.6 Å². The molecule has 0 N–H and O–H groups in total. The molecule has 0 saturated heterocycles.